The lowest BCUT2D eigenvalue weighted by Gasteiger charge is -2.47. The highest BCUT2D eigenvalue weighted by molar-refractivity contribution is 5.83. The summed E-state index contributed by atoms with van der Waals surface area (Å²) in [6, 6.07) is 3.97. The van der Waals surface area contributed by atoms with E-state index in [4.69, 9.17) is 18.9 Å². The largest absolute Gasteiger partial charge is 0.547 e. The second kappa shape index (κ2) is 9.67. The minimum atomic E-state index is -2.43. The number of fused-ring (bicyclic) bond motifs is 3. The van der Waals surface area contributed by atoms with Gasteiger partial charge < -0.3 is 39.1 Å². The Morgan fingerprint density at radius 3 is 2.56 bits per heavy atom. The van der Waals surface area contributed by atoms with E-state index in [0.29, 0.717) is 17.3 Å². The number of aliphatic carboxylic acids is 1. The number of benzene rings is 1. The Bertz CT molecular complexity index is 1190. The summed E-state index contributed by atoms with van der Waals surface area (Å²) >= 11 is 0. The molecule has 3 aliphatic heterocycles. The molecule has 1 fully saturated rings. The number of rotatable bonds is 9. The quantitative estimate of drug-likeness (QED) is 0.438. The summed E-state index contributed by atoms with van der Waals surface area (Å²) in [4.78, 5) is 27.7. The van der Waals surface area contributed by atoms with Gasteiger partial charge in [0.1, 0.15) is 11.4 Å². The van der Waals surface area contributed by atoms with Crippen LogP contribution in [-0.2, 0) is 30.9 Å². The second-order valence-corrected chi connectivity index (χ2v) is 12.1. The number of nitrogens with zero attached hydrogens (tertiary/aromatic N) is 1. The second-order valence-electron chi connectivity index (χ2n) is 12.1. The van der Waals surface area contributed by atoms with E-state index in [2.05, 4.69) is 17.9 Å². The highest BCUT2D eigenvalue weighted by Crippen LogP contribution is 2.59. The highest BCUT2D eigenvalue weighted by Gasteiger charge is 2.66. The molecule has 39 heavy (non-hydrogen) atoms. The van der Waals surface area contributed by atoms with Gasteiger partial charge in [-0.25, -0.2) is 0 Å². The zero-order valence-electron chi connectivity index (χ0n) is 23.1. The molecule has 4 atom stereocenters. The molecule has 1 aliphatic carbocycles. The molecule has 1 saturated heterocycles. The topological polar surface area (TPSA) is 138 Å². The van der Waals surface area contributed by atoms with Crippen molar-refractivity contribution in [3.63, 3.8) is 0 Å². The van der Waals surface area contributed by atoms with E-state index in [0.717, 1.165) is 43.5 Å². The van der Waals surface area contributed by atoms with Crippen molar-refractivity contribution in [2.45, 2.75) is 94.0 Å². The highest BCUT2D eigenvalue weighted by atomic mass is 16.7. The van der Waals surface area contributed by atoms with Crippen LogP contribution in [0.15, 0.2) is 24.0 Å². The maximum atomic E-state index is 13.4. The molecule has 0 saturated carbocycles. The molecule has 1 aromatic rings. The molecule has 1 spiro atoms. The van der Waals surface area contributed by atoms with Gasteiger partial charge in [0.25, 0.3) is 0 Å². The molecule has 1 aromatic carbocycles. The number of carbonyl (C=O) groups excluding carboxylic acids is 2. The van der Waals surface area contributed by atoms with E-state index in [1.807, 2.05) is 12.1 Å². The van der Waals surface area contributed by atoms with Crippen LogP contribution in [0.25, 0.3) is 0 Å². The Balaban J connectivity index is 1.48. The summed E-state index contributed by atoms with van der Waals surface area (Å²) in [5, 5.41) is 32.8. The molecular formula is C29H38NO9-. The molecule has 10 heteroatoms. The van der Waals surface area contributed by atoms with E-state index in [-0.39, 0.29) is 26.1 Å². The maximum absolute atomic E-state index is 13.4. The third-order valence-electron chi connectivity index (χ3n) is 9.10. The number of esters is 1. The number of carbonyl (C=O) groups is 2. The van der Waals surface area contributed by atoms with Crippen LogP contribution in [0.3, 0.4) is 0 Å². The lowest BCUT2D eigenvalue weighted by atomic mass is 9.65. The van der Waals surface area contributed by atoms with Crippen molar-refractivity contribution in [3.8, 4) is 11.5 Å². The van der Waals surface area contributed by atoms with E-state index in [1.54, 1.807) is 13.8 Å². The fourth-order valence-corrected chi connectivity index (χ4v) is 7.07. The minimum absolute atomic E-state index is 0.140. The molecule has 2 N–H and O–H groups in total. The molecule has 0 amide bonds. The van der Waals surface area contributed by atoms with Crippen LogP contribution in [0.5, 0.6) is 11.5 Å². The Kier molecular flexibility index (Phi) is 6.88. The van der Waals surface area contributed by atoms with Gasteiger partial charge in [0, 0.05) is 6.54 Å². The molecule has 0 aromatic heterocycles. The van der Waals surface area contributed by atoms with Crippen molar-refractivity contribution in [1.29, 1.82) is 0 Å². The first-order valence-corrected chi connectivity index (χ1v) is 13.6. The molecule has 4 aliphatic rings. The average Bonchev–Trinajstić information content (AvgIpc) is 3.53. The Morgan fingerprint density at radius 2 is 1.90 bits per heavy atom. The van der Waals surface area contributed by atoms with Gasteiger partial charge in [-0.1, -0.05) is 0 Å². The van der Waals surface area contributed by atoms with Gasteiger partial charge in [-0.2, -0.15) is 0 Å². The molecule has 3 heterocycles. The number of hydrogen-bond donors (Lipinski definition) is 2. The fraction of sp³-hybridized carbons (Fsp3) is 0.655. The lowest BCUT2D eigenvalue weighted by Crippen LogP contribution is -2.59. The predicted molar refractivity (Wildman–Crippen MR) is 137 cm³/mol. The van der Waals surface area contributed by atoms with E-state index >= 15 is 0 Å². The Labute approximate surface area is 228 Å². The van der Waals surface area contributed by atoms with Gasteiger partial charge >= 0.3 is 5.97 Å². The van der Waals surface area contributed by atoms with Crippen molar-refractivity contribution in [2.24, 2.45) is 0 Å². The zero-order valence-corrected chi connectivity index (χ0v) is 23.1. The third kappa shape index (κ3) is 4.56. The van der Waals surface area contributed by atoms with Gasteiger partial charge in [0.15, 0.2) is 17.6 Å². The van der Waals surface area contributed by atoms with Gasteiger partial charge in [0.05, 0.1) is 36.1 Å². The van der Waals surface area contributed by atoms with Crippen molar-refractivity contribution >= 4 is 11.9 Å². The number of carboxylic acid groups (broad SMARTS) is 1. The van der Waals surface area contributed by atoms with Gasteiger partial charge in [0.2, 0.25) is 6.79 Å². The molecule has 214 valence electrons. The first-order chi connectivity index (χ1) is 18.3. The van der Waals surface area contributed by atoms with E-state index < -0.39 is 46.6 Å². The SMILES string of the molecule is COC1=C[C@]23CCCN2CCc2cc4c(cc2[C@]3(C)[C@@H]1OC(=O)CC(O)(CCCC(C)(C)O)C(=O)[O-])OCO4. The number of aliphatic hydroxyl groups is 2. The maximum Gasteiger partial charge on any atom is 0.309 e. The van der Waals surface area contributed by atoms with Crippen molar-refractivity contribution < 1.29 is 43.9 Å². The molecule has 1 unspecified atom stereocenters. The number of hydrogen-bond acceptors (Lipinski definition) is 10. The van der Waals surface area contributed by atoms with E-state index in [9.17, 15) is 24.9 Å². The Hall–Kier alpha value is -2.82. The average molecular weight is 545 g/mol. The summed E-state index contributed by atoms with van der Waals surface area (Å²) in [5.41, 5.74) is -2.69. The molecule has 5 rings (SSSR count). The number of methoxy groups -OCH3 is 1. The third-order valence-corrected chi connectivity index (χ3v) is 9.10. The van der Waals surface area contributed by atoms with Crippen LogP contribution in [0.4, 0.5) is 0 Å². The number of carboxylic acids is 1. The zero-order chi connectivity index (χ0) is 28.2. The van der Waals surface area contributed by atoms with Crippen LogP contribution in [-0.4, -0.2) is 76.9 Å². The van der Waals surface area contributed by atoms with Gasteiger partial charge in [-0.05, 0) is 95.2 Å². The van der Waals surface area contributed by atoms with Crippen LogP contribution in [0.1, 0.15) is 70.4 Å². The summed E-state index contributed by atoms with van der Waals surface area (Å²) in [6.07, 6.45) is 3.17. The lowest BCUT2D eigenvalue weighted by molar-refractivity contribution is -0.325. The normalized spacial score (nSPS) is 29.0. The molecule has 10 nitrogen and oxygen atoms in total. The summed E-state index contributed by atoms with van der Waals surface area (Å²) in [5.74, 6) is -0.813. The van der Waals surface area contributed by atoms with Crippen molar-refractivity contribution in [1.82, 2.24) is 4.90 Å². The van der Waals surface area contributed by atoms with Crippen LogP contribution in [0.2, 0.25) is 0 Å². The summed E-state index contributed by atoms with van der Waals surface area (Å²) in [7, 11) is 1.53. The van der Waals surface area contributed by atoms with E-state index in [1.165, 1.54) is 7.11 Å². The van der Waals surface area contributed by atoms with Crippen molar-refractivity contribution in [3.05, 3.63) is 35.1 Å². The number of ether oxygens (including phenoxy) is 4. The van der Waals surface area contributed by atoms with Gasteiger partial charge in [-0.3, -0.25) is 9.69 Å². The predicted octanol–water partition coefficient (Wildman–Crippen LogP) is 1.33. The fourth-order valence-electron chi connectivity index (χ4n) is 7.07. The van der Waals surface area contributed by atoms with Gasteiger partial charge in [-0.15, -0.1) is 0 Å². The van der Waals surface area contributed by atoms with Crippen LogP contribution >= 0.6 is 0 Å². The molecular weight excluding hydrogens is 506 g/mol. The molecule has 0 radical (unpaired) electrons. The first kappa shape index (κ1) is 27.7. The minimum Gasteiger partial charge on any atom is -0.547 e. The molecule has 0 bridgehead atoms. The smallest absolute Gasteiger partial charge is 0.309 e. The summed E-state index contributed by atoms with van der Waals surface area (Å²) < 4.78 is 23.2. The standard InChI is InChI=1S/C29H39NO9/c1-26(2,34)8-5-9-28(35,25(32)33)16-23(31)39-24-22(36-4)15-29-10-6-11-30(29)12-7-18-13-20-21(38-17-37-20)14-19(18)27(24,29)3/h13-15,24,34-35H,5-12,16-17H2,1-4H3,(H,32,33)/p-1/t24-,27-,28?,29+/m1/s1. The first-order valence-electron chi connectivity index (χ1n) is 13.6. The van der Waals surface area contributed by atoms with Crippen LogP contribution in [0, 0.1) is 0 Å². The van der Waals surface area contributed by atoms with Crippen LogP contribution < -0.4 is 14.6 Å². The monoisotopic (exact) mass is 544 g/mol. The Morgan fingerprint density at radius 1 is 1.18 bits per heavy atom. The summed E-state index contributed by atoms with van der Waals surface area (Å²) in [6.45, 7) is 7.09. The van der Waals surface area contributed by atoms with Crippen molar-refractivity contribution in [2.75, 3.05) is 27.0 Å².